The molecule has 0 saturated carbocycles. The molecule has 0 aromatic heterocycles. The predicted octanol–water partition coefficient (Wildman–Crippen LogP) is 3.14. The van der Waals surface area contributed by atoms with Crippen LogP contribution in [-0.4, -0.2) is 43.0 Å². The Kier molecular flexibility index (Phi) is 35.5. The molecular weight excluding hydrogens is 274 g/mol. The minimum absolute atomic E-state index is 0.773. The molecule has 0 rings (SSSR count). The lowest BCUT2D eigenvalue weighted by Crippen LogP contribution is -1.83. The van der Waals surface area contributed by atoms with Crippen LogP contribution < -0.4 is 0 Å². The molecule has 0 fully saturated rings. The molecule has 0 heterocycles. The van der Waals surface area contributed by atoms with Gasteiger partial charge in [-0.15, -0.1) is 0 Å². The third-order valence-corrected chi connectivity index (χ3v) is 2.05. The second kappa shape index (κ2) is 26.2. The summed E-state index contributed by atoms with van der Waals surface area (Å²) >= 11 is 0. The lowest BCUT2D eigenvalue weighted by Gasteiger charge is -1.81. The highest BCUT2D eigenvalue weighted by Crippen LogP contribution is 1.79. The Balaban J connectivity index is -0.0000000902. The van der Waals surface area contributed by atoms with Crippen LogP contribution in [0.2, 0.25) is 6.55 Å². The smallest absolute Gasteiger partial charge is 0.0537 e. The van der Waals surface area contributed by atoms with Crippen LogP contribution in [0.1, 0.15) is 60.8 Å². The van der Waals surface area contributed by atoms with Crippen LogP contribution in [0.4, 0.5) is 0 Å². The fraction of sp³-hybridized carbons (Fsp3) is 0.769. The Morgan fingerprint density at radius 2 is 0.800 bits per heavy atom. The Labute approximate surface area is 126 Å². The molecule has 0 aliphatic carbocycles. The highest BCUT2D eigenvalue weighted by molar-refractivity contribution is 6.05. The zero-order valence-corrected chi connectivity index (χ0v) is 16.3. The molecule has 0 aromatic carbocycles. The van der Waals surface area contributed by atoms with Gasteiger partial charge in [0.2, 0.25) is 0 Å². The van der Waals surface area contributed by atoms with Crippen LogP contribution in [-0.2, 0) is 0 Å². The first-order valence-electron chi connectivity index (χ1n) is 6.95. The van der Waals surface area contributed by atoms with Crippen LogP contribution in [0.15, 0.2) is 15.5 Å². The van der Waals surface area contributed by atoms with E-state index in [1.165, 1.54) is 10.2 Å². The third kappa shape index (κ3) is 36.0. The largest absolute Gasteiger partial charge is 0.411 e. The third-order valence-electron chi connectivity index (χ3n) is 2.05. The number of oxime groups is 3. The molecule has 7 heteroatoms. The zero-order valence-electron chi connectivity index (χ0n) is 14.3. The fourth-order valence-corrected chi connectivity index (χ4v) is 0.212. The maximum absolute atomic E-state index is 7.92. The molecule has 3 N–H and O–H groups in total. The maximum atomic E-state index is 7.92. The molecule has 122 valence electrons. The molecule has 0 aliphatic rings. The maximum Gasteiger partial charge on any atom is 0.0537 e. The van der Waals surface area contributed by atoms with E-state index in [2.05, 4.69) is 22.0 Å². The first-order chi connectivity index (χ1) is 9.42. The molecule has 0 aliphatic heterocycles. The van der Waals surface area contributed by atoms with Crippen molar-refractivity contribution in [2.45, 2.75) is 67.4 Å². The Morgan fingerprint density at radius 3 is 0.800 bits per heavy atom. The topological polar surface area (TPSA) is 97.8 Å². The van der Waals surface area contributed by atoms with E-state index in [4.69, 9.17) is 15.6 Å². The molecule has 0 unspecified atom stereocenters. The molecule has 20 heavy (non-hydrogen) atoms. The highest BCUT2D eigenvalue weighted by Gasteiger charge is 1.78. The van der Waals surface area contributed by atoms with E-state index < -0.39 is 0 Å². The summed E-state index contributed by atoms with van der Waals surface area (Å²) in [5.74, 6) is 0. The molecule has 6 nitrogen and oxygen atoms in total. The molecule has 0 atom stereocenters. The van der Waals surface area contributed by atoms with Gasteiger partial charge in [0.15, 0.2) is 0 Å². The summed E-state index contributed by atoms with van der Waals surface area (Å²) in [4.78, 5) is 0. The van der Waals surface area contributed by atoms with Crippen molar-refractivity contribution in [1.82, 2.24) is 0 Å². The van der Waals surface area contributed by atoms with Gasteiger partial charge in [-0.05, 0) is 50.3 Å². The minimum Gasteiger partial charge on any atom is -0.411 e. The molecular formula is C13H33N3O3Si. The van der Waals surface area contributed by atoms with Gasteiger partial charge in [0, 0.05) is 0 Å². The van der Waals surface area contributed by atoms with Gasteiger partial charge in [-0.1, -0.05) is 42.8 Å². The van der Waals surface area contributed by atoms with Gasteiger partial charge in [-0.2, -0.15) is 0 Å². The Morgan fingerprint density at radius 1 is 0.650 bits per heavy atom. The van der Waals surface area contributed by atoms with Crippen LogP contribution in [0, 0.1) is 0 Å². The fourth-order valence-electron chi connectivity index (χ4n) is 0.212. The van der Waals surface area contributed by atoms with Crippen molar-refractivity contribution in [3.05, 3.63) is 0 Å². The van der Waals surface area contributed by atoms with E-state index in [9.17, 15) is 0 Å². The van der Waals surface area contributed by atoms with E-state index in [1.54, 1.807) is 20.8 Å². The molecule has 0 amide bonds. The van der Waals surface area contributed by atoms with E-state index in [-0.39, 0.29) is 0 Å². The summed E-state index contributed by atoms with van der Waals surface area (Å²) in [6.07, 6.45) is 2.49. The van der Waals surface area contributed by atoms with Crippen molar-refractivity contribution in [2.75, 3.05) is 0 Å². The van der Waals surface area contributed by atoms with Crippen molar-refractivity contribution in [2.24, 2.45) is 15.5 Å². The van der Waals surface area contributed by atoms with E-state index in [0.717, 1.165) is 36.4 Å². The standard InChI is InChI=1S/3C4H9NO.CH6Si/c3*1-3-4(2)5-6;1-2/h3*6H,3H2,1-2H3;1-2H3. The van der Waals surface area contributed by atoms with Crippen molar-refractivity contribution in [3.8, 4) is 0 Å². The Bertz CT molecular complexity index is 225. The average molecular weight is 308 g/mol. The van der Waals surface area contributed by atoms with Crippen molar-refractivity contribution in [3.63, 3.8) is 0 Å². The summed E-state index contributed by atoms with van der Waals surface area (Å²) in [5.41, 5.74) is 2.32. The van der Waals surface area contributed by atoms with E-state index >= 15 is 0 Å². The van der Waals surface area contributed by atoms with Gasteiger partial charge in [0.25, 0.3) is 0 Å². The van der Waals surface area contributed by atoms with Gasteiger partial charge in [-0.25, -0.2) is 0 Å². The molecule has 0 spiro atoms. The molecule has 0 bridgehead atoms. The van der Waals surface area contributed by atoms with Crippen molar-refractivity contribution < 1.29 is 15.6 Å². The summed E-state index contributed by atoms with van der Waals surface area (Å²) < 4.78 is 0. The number of rotatable bonds is 3. The van der Waals surface area contributed by atoms with Gasteiger partial charge in [0.1, 0.15) is 0 Å². The first-order valence-corrected chi connectivity index (χ1v) is 8.95. The number of nitrogens with zero attached hydrogens (tertiary/aromatic N) is 3. The van der Waals surface area contributed by atoms with Gasteiger partial charge < -0.3 is 15.6 Å². The van der Waals surface area contributed by atoms with Crippen molar-refractivity contribution >= 4 is 27.4 Å². The molecule has 0 aromatic rings. The summed E-state index contributed by atoms with van der Waals surface area (Å²) in [7, 11) is 1.31. The lowest BCUT2D eigenvalue weighted by atomic mass is 10.3. The summed E-state index contributed by atoms with van der Waals surface area (Å²) in [5, 5.41) is 32.5. The molecule has 0 saturated heterocycles. The monoisotopic (exact) mass is 307 g/mol. The summed E-state index contributed by atoms with van der Waals surface area (Å²) in [6, 6.07) is 0. The number of hydrogen-bond donors (Lipinski definition) is 3. The SMILES string of the molecule is CCC(C)=NO.CCC(C)=NO.CCC(C)=NO.C[SiH3]. The van der Waals surface area contributed by atoms with Crippen LogP contribution in [0.3, 0.4) is 0 Å². The summed E-state index contributed by atoms with van der Waals surface area (Å²) in [6.45, 7) is 13.3. The van der Waals surface area contributed by atoms with Gasteiger partial charge in [0.05, 0.1) is 17.1 Å². The van der Waals surface area contributed by atoms with Crippen molar-refractivity contribution in [1.29, 1.82) is 0 Å². The predicted molar refractivity (Wildman–Crippen MR) is 91.4 cm³/mol. The minimum atomic E-state index is 0.773. The van der Waals surface area contributed by atoms with Crippen LogP contribution in [0.5, 0.6) is 0 Å². The van der Waals surface area contributed by atoms with Gasteiger partial charge >= 0.3 is 0 Å². The second-order valence-electron chi connectivity index (χ2n) is 3.57. The Hall–Kier alpha value is -1.37. The lowest BCUT2D eigenvalue weighted by molar-refractivity contribution is 0.317. The second-order valence-corrected chi connectivity index (χ2v) is 3.57. The average Bonchev–Trinajstić information content (AvgIpc) is 2.55. The van der Waals surface area contributed by atoms with Gasteiger partial charge in [-0.3, -0.25) is 0 Å². The normalized spacial score (nSPS) is 11.2. The number of hydrogen-bond acceptors (Lipinski definition) is 6. The van der Waals surface area contributed by atoms with E-state index in [1.807, 2.05) is 20.8 Å². The zero-order chi connectivity index (χ0) is 17.0. The quantitative estimate of drug-likeness (QED) is 0.323. The van der Waals surface area contributed by atoms with Crippen LogP contribution in [0.25, 0.3) is 0 Å². The van der Waals surface area contributed by atoms with E-state index in [0.29, 0.717) is 0 Å². The van der Waals surface area contributed by atoms with Crippen LogP contribution >= 0.6 is 0 Å². The molecule has 0 radical (unpaired) electrons. The highest BCUT2D eigenvalue weighted by atomic mass is 28.1. The first kappa shape index (κ1) is 27.1.